The van der Waals surface area contributed by atoms with E-state index in [1.165, 1.54) is 9.13 Å². The van der Waals surface area contributed by atoms with Crippen LogP contribution in [0.4, 0.5) is 5.95 Å². The van der Waals surface area contributed by atoms with Gasteiger partial charge in [0, 0.05) is 31.9 Å². The molecule has 5 rings (SSSR count). The molecule has 0 unspecified atom stereocenters. The van der Waals surface area contributed by atoms with Crippen molar-refractivity contribution in [3.05, 3.63) is 56.9 Å². The van der Waals surface area contributed by atoms with E-state index in [1.807, 2.05) is 30.3 Å². The summed E-state index contributed by atoms with van der Waals surface area (Å²) in [4.78, 5) is 46.1. The topological polar surface area (TPSA) is 119 Å². The van der Waals surface area contributed by atoms with Crippen molar-refractivity contribution in [3.8, 4) is 0 Å². The van der Waals surface area contributed by atoms with Gasteiger partial charge in [-0.05, 0) is 30.4 Å². The highest BCUT2D eigenvalue weighted by molar-refractivity contribution is 5.85. The minimum Gasteiger partial charge on any atom is -0.357 e. The van der Waals surface area contributed by atoms with Gasteiger partial charge in [-0.15, -0.1) is 0 Å². The number of nitrogens with zero attached hydrogens (tertiary/aromatic N) is 4. The standard InChI is InChI=1S/C21H23N7O3/c1-26-16-17(25-20(26)24-15-8-5-9-22-18(15)29)27(2)21(31)28(19(16)30)11-13-10-12-6-3-4-7-14(12)23-13/h3-4,6-7,10,15,23H,5,8-9,11H2,1-2H3,(H,22,29)(H,24,25)/t15-/m1/s1. The Morgan fingerprint density at radius 3 is 2.74 bits per heavy atom. The van der Waals surface area contributed by atoms with E-state index in [2.05, 4.69) is 20.6 Å². The Morgan fingerprint density at radius 1 is 1.16 bits per heavy atom. The smallest absolute Gasteiger partial charge is 0.332 e. The number of aromatic nitrogens is 5. The zero-order valence-electron chi connectivity index (χ0n) is 17.3. The first-order chi connectivity index (χ1) is 14.9. The molecule has 3 aromatic heterocycles. The number of hydrogen-bond acceptors (Lipinski definition) is 5. The molecule has 0 saturated carbocycles. The largest absolute Gasteiger partial charge is 0.357 e. The van der Waals surface area contributed by atoms with E-state index in [0.29, 0.717) is 24.4 Å². The van der Waals surface area contributed by atoms with Gasteiger partial charge >= 0.3 is 5.69 Å². The Labute approximate surface area is 176 Å². The van der Waals surface area contributed by atoms with Crippen LogP contribution in [0.2, 0.25) is 0 Å². The minimum atomic E-state index is -0.448. The molecule has 4 heterocycles. The number of carbonyl (C=O) groups is 1. The van der Waals surface area contributed by atoms with Gasteiger partial charge in [0.25, 0.3) is 5.56 Å². The van der Waals surface area contributed by atoms with E-state index < -0.39 is 17.3 Å². The molecule has 0 aliphatic carbocycles. The van der Waals surface area contributed by atoms with Gasteiger partial charge in [0.1, 0.15) is 6.04 Å². The number of anilines is 1. The van der Waals surface area contributed by atoms with Gasteiger partial charge in [0.2, 0.25) is 11.9 Å². The maximum Gasteiger partial charge on any atom is 0.332 e. The van der Waals surface area contributed by atoms with Crippen LogP contribution in [0.25, 0.3) is 22.1 Å². The molecule has 1 saturated heterocycles. The highest BCUT2D eigenvalue weighted by Gasteiger charge is 2.25. The minimum absolute atomic E-state index is 0.0941. The van der Waals surface area contributed by atoms with Crippen LogP contribution in [-0.2, 0) is 25.4 Å². The molecule has 10 nitrogen and oxygen atoms in total. The second kappa shape index (κ2) is 7.15. The van der Waals surface area contributed by atoms with Crippen molar-refractivity contribution < 1.29 is 4.79 Å². The third-order valence-electron chi connectivity index (χ3n) is 5.86. The first-order valence-electron chi connectivity index (χ1n) is 10.2. The van der Waals surface area contributed by atoms with Crippen LogP contribution in [0.1, 0.15) is 18.5 Å². The third-order valence-corrected chi connectivity index (χ3v) is 5.86. The second-order valence-corrected chi connectivity index (χ2v) is 7.91. The lowest BCUT2D eigenvalue weighted by Gasteiger charge is -2.23. The van der Waals surface area contributed by atoms with E-state index >= 15 is 0 Å². The van der Waals surface area contributed by atoms with Crippen LogP contribution in [-0.4, -0.2) is 42.2 Å². The van der Waals surface area contributed by atoms with E-state index in [1.54, 1.807) is 18.7 Å². The fraction of sp³-hybridized carbons (Fsp3) is 0.333. The lowest BCUT2D eigenvalue weighted by Crippen LogP contribution is -2.44. The van der Waals surface area contributed by atoms with Crippen molar-refractivity contribution in [3.63, 3.8) is 0 Å². The summed E-state index contributed by atoms with van der Waals surface area (Å²) in [6.45, 7) is 0.779. The number of nitrogens with one attached hydrogen (secondary N) is 3. The van der Waals surface area contributed by atoms with Crippen molar-refractivity contribution in [1.82, 2.24) is 29.0 Å². The van der Waals surface area contributed by atoms with Gasteiger partial charge in [-0.2, -0.15) is 4.98 Å². The predicted molar refractivity (Wildman–Crippen MR) is 117 cm³/mol. The first kappa shape index (κ1) is 19.2. The van der Waals surface area contributed by atoms with E-state index in [-0.39, 0.29) is 18.1 Å². The maximum absolute atomic E-state index is 13.3. The van der Waals surface area contributed by atoms with Crippen LogP contribution in [0.5, 0.6) is 0 Å². The monoisotopic (exact) mass is 421 g/mol. The maximum atomic E-state index is 13.3. The van der Waals surface area contributed by atoms with Gasteiger partial charge in [-0.1, -0.05) is 18.2 Å². The number of H-pyrrole nitrogens is 1. The highest BCUT2D eigenvalue weighted by atomic mass is 16.2. The number of carbonyl (C=O) groups excluding carboxylic acids is 1. The van der Waals surface area contributed by atoms with Crippen LogP contribution < -0.4 is 21.9 Å². The molecule has 1 aromatic carbocycles. The zero-order valence-corrected chi connectivity index (χ0v) is 17.3. The number of para-hydroxylation sites is 1. The second-order valence-electron chi connectivity index (χ2n) is 7.91. The fourth-order valence-electron chi connectivity index (χ4n) is 4.17. The van der Waals surface area contributed by atoms with Crippen molar-refractivity contribution in [2.24, 2.45) is 14.1 Å². The fourth-order valence-corrected chi connectivity index (χ4v) is 4.17. The average molecular weight is 421 g/mol. The molecule has 10 heteroatoms. The van der Waals surface area contributed by atoms with Crippen LogP contribution in [0.3, 0.4) is 0 Å². The lowest BCUT2D eigenvalue weighted by molar-refractivity contribution is -0.123. The Bertz CT molecular complexity index is 1410. The Hall–Kier alpha value is -3.82. The molecule has 1 atom stereocenters. The molecule has 1 amide bonds. The number of hydrogen-bond donors (Lipinski definition) is 3. The average Bonchev–Trinajstić information content (AvgIpc) is 3.32. The van der Waals surface area contributed by atoms with Crippen molar-refractivity contribution in [2.75, 3.05) is 11.9 Å². The summed E-state index contributed by atoms with van der Waals surface area (Å²) in [7, 11) is 3.30. The molecule has 3 N–H and O–H groups in total. The van der Waals surface area contributed by atoms with Crippen LogP contribution >= 0.6 is 0 Å². The molecule has 31 heavy (non-hydrogen) atoms. The number of fused-ring (bicyclic) bond motifs is 2. The normalized spacial score (nSPS) is 16.7. The quantitative estimate of drug-likeness (QED) is 0.447. The molecular formula is C21H23N7O3. The SMILES string of the molecule is Cn1c(N[C@@H]2CCCNC2=O)nc2c1c(=O)n(Cc1cc3ccccc3[nH]1)c(=O)n2C. The van der Waals surface area contributed by atoms with Crippen molar-refractivity contribution >= 4 is 33.9 Å². The lowest BCUT2D eigenvalue weighted by atomic mass is 10.1. The Kier molecular flexibility index (Phi) is 4.42. The summed E-state index contributed by atoms with van der Waals surface area (Å²) < 4.78 is 4.18. The number of aryl methyl sites for hydroxylation is 2. The molecule has 160 valence electrons. The Morgan fingerprint density at radius 2 is 1.97 bits per heavy atom. The van der Waals surface area contributed by atoms with Gasteiger partial charge in [0.05, 0.1) is 6.54 Å². The number of rotatable bonds is 4. The highest BCUT2D eigenvalue weighted by Crippen LogP contribution is 2.18. The van der Waals surface area contributed by atoms with Gasteiger partial charge < -0.3 is 20.2 Å². The number of amides is 1. The Balaban J connectivity index is 1.58. The number of aromatic amines is 1. The molecule has 1 fully saturated rings. The summed E-state index contributed by atoms with van der Waals surface area (Å²) in [5.41, 5.74) is 1.42. The van der Waals surface area contributed by atoms with E-state index in [0.717, 1.165) is 23.0 Å². The molecule has 0 spiro atoms. The summed E-state index contributed by atoms with van der Waals surface area (Å²) >= 11 is 0. The van der Waals surface area contributed by atoms with Crippen LogP contribution in [0, 0.1) is 0 Å². The van der Waals surface area contributed by atoms with E-state index in [9.17, 15) is 14.4 Å². The van der Waals surface area contributed by atoms with Crippen LogP contribution in [0.15, 0.2) is 39.9 Å². The number of benzene rings is 1. The molecule has 1 aliphatic heterocycles. The molecule has 0 bridgehead atoms. The summed E-state index contributed by atoms with van der Waals surface area (Å²) in [5, 5.41) is 6.96. The number of piperidine rings is 1. The first-order valence-corrected chi connectivity index (χ1v) is 10.2. The molecule has 4 aromatic rings. The summed E-state index contributed by atoms with van der Waals surface area (Å²) in [5.74, 6) is 0.288. The van der Waals surface area contributed by atoms with Gasteiger partial charge in [-0.25, -0.2) is 4.79 Å². The third kappa shape index (κ3) is 3.11. The zero-order chi connectivity index (χ0) is 21.7. The summed E-state index contributed by atoms with van der Waals surface area (Å²) in [6.07, 6.45) is 1.54. The molecule has 0 radical (unpaired) electrons. The molecular weight excluding hydrogens is 398 g/mol. The molecule has 1 aliphatic rings. The number of imidazole rings is 1. The van der Waals surface area contributed by atoms with E-state index in [4.69, 9.17) is 0 Å². The van der Waals surface area contributed by atoms with Gasteiger partial charge in [0.15, 0.2) is 11.2 Å². The van der Waals surface area contributed by atoms with Gasteiger partial charge in [-0.3, -0.25) is 18.7 Å². The van der Waals surface area contributed by atoms with Crippen molar-refractivity contribution in [1.29, 1.82) is 0 Å². The predicted octanol–water partition coefficient (Wildman–Crippen LogP) is 0.654. The summed E-state index contributed by atoms with van der Waals surface area (Å²) in [6, 6.07) is 9.30. The van der Waals surface area contributed by atoms with Crippen molar-refractivity contribution in [2.45, 2.75) is 25.4 Å².